The van der Waals surface area contributed by atoms with E-state index in [2.05, 4.69) is 52.5 Å². The fraction of sp³-hybridized carbons (Fsp3) is 0.385. The highest BCUT2D eigenvalue weighted by Crippen LogP contribution is 2.28. The minimum Gasteiger partial charge on any atom is -0.144 e. The average Bonchev–Trinajstić information content (AvgIpc) is 2.69. The molecule has 0 fully saturated rings. The lowest BCUT2D eigenvalue weighted by molar-refractivity contribution is 0.576. The van der Waals surface area contributed by atoms with E-state index in [1.165, 1.54) is 28.5 Å². The maximum Gasteiger partial charge on any atom is 0.0345 e. The molecule has 0 amide bonds. The largest absolute Gasteiger partial charge is 0.144 e. The lowest BCUT2D eigenvalue weighted by atomic mass is 9.98. The molecule has 0 aliphatic rings. The second-order valence-electron chi connectivity index (χ2n) is 3.89. The Morgan fingerprint density at radius 3 is 2.87 bits per heavy atom. The van der Waals surface area contributed by atoms with Crippen LogP contribution in [0.5, 0.6) is 0 Å². The summed E-state index contributed by atoms with van der Waals surface area (Å²) in [5, 5.41) is 4.87. The van der Waals surface area contributed by atoms with Crippen molar-refractivity contribution in [3.63, 3.8) is 0 Å². The maximum absolute atomic E-state index is 3.59. The summed E-state index contributed by atoms with van der Waals surface area (Å²) in [5.41, 5.74) is 1.52. The predicted molar refractivity (Wildman–Crippen MR) is 73.1 cm³/mol. The Bertz CT molecular complexity index is 429. The molecule has 0 spiro atoms. The third kappa shape index (κ3) is 2.43. The van der Waals surface area contributed by atoms with E-state index >= 15 is 0 Å². The monoisotopic (exact) mass is 282 g/mol. The third-order valence-corrected chi connectivity index (χ3v) is 4.79. The zero-order valence-corrected chi connectivity index (χ0v) is 11.3. The van der Waals surface area contributed by atoms with E-state index in [0.29, 0.717) is 0 Å². The Kier molecular flexibility index (Phi) is 3.81. The summed E-state index contributed by atoms with van der Waals surface area (Å²) in [5.74, 6) is 0.767. The van der Waals surface area contributed by atoms with E-state index < -0.39 is 0 Å². The third-order valence-electron chi connectivity index (χ3n) is 2.87. The molecule has 1 aromatic carbocycles. The van der Waals surface area contributed by atoms with Crippen LogP contribution in [0.15, 0.2) is 29.6 Å². The van der Waals surface area contributed by atoms with Gasteiger partial charge in [-0.15, -0.1) is 11.3 Å². The molecule has 0 radical (unpaired) electrons. The van der Waals surface area contributed by atoms with E-state index in [0.717, 1.165) is 11.2 Å². The molecule has 0 bridgehead atoms. The van der Waals surface area contributed by atoms with Gasteiger partial charge >= 0.3 is 0 Å². The number of hydrogen-bond donors (Lipinski definition) is 0. The fourth-order valence-corrected chi connectivity index (χ4v) is 3.47. The molecule has 1 atom stereocenters. The molecule has 0 saturated carbocycles. The van der Waals surface area contributed by atoms with Gasteiger partial charge in [-0.05, 0) is 34.7 Å². The summed E-state index contributed by atoms with van der Waals surface area (Å²) in [6, 6.07) is 8.69. The molecule has 80 valence electrons. The van der Waals surface area contributed by atoms with Gasteiger partial charge < -0.3 is 0 Å². The molecular formula is C13H15BrS. The zero-order chi connectivity index (χ0) is 10.7. The van der Waals surface area contributed by atoms with Crippen LogP contribution in [-0.4, -0.2) is 5.33 Å². The van der Waals surface area contributed by atoms with Gasteiger partial charge in [0, 0.05) is 10.0 Å². The number of halogens is 1. The number of benzene rings is 1. The molecule has 2 aromatic rings. The van der Waals surface area contributed by atoms with Gasteiger partial charge in [0.1, 0.15) is 0 Å². The van der Waals surface area contributed by atoms with Crippen LogP contribution < -0.4 is 0 Å². The molecule has 0 aliphatic carbocycles. The Balaban J connectivity index is 2.28. The van der Waals surface area contributed by atoms with Crippen LogP contribution in [-0.2, 0) is 6.42 Å². The highest BCUT2D eigenvalue weighted by atomic mass is 79.9. The second kappa shape index (κ2) is 5.13. The smallest absolute Gasteiger partial charge is 0.0345 e. The summed E-state index contributed by atoms with van der Waals surface area (Å²) in [6.45, 7) is 2.26. The van der Waals surface area contributed by atoms with Gasteiger partial charge in [0.2, 0.25) is 0 Å². The lowest BCUT2D eigenvalue weighted by Gasteiger charge is -2.09. The van der Waals surface area contributed by atoms with E-state index in [1.807, 2.05) is 11.3 Å². The summed E-state index contributed by atoms with van der Waals surface area (Å²) in [4.78, 5) is 0. The number of alkyl halides is 1. The predicted octanol–water partition coefficient (Wildman–Crippen LogP) is 4.86. The van der Waals surface area contributed by atoms with Crippen LogP contribution >= 0.6 is 27.3 Å². The first-order valence-electron chi connectivity index (χ1n) is 5.36. The van der Waals surface area contributed by atoms with Crippen molar-refractivity contribution in [3.05, 3.63) is 35.2 Å². The Morgan fingerprint density at radius 2 is 2.13 bits per heavy atom. The minimum absolute atomic E-state index is 0.767. The van der Waals surface area contributed by atoms with Crippen molar-refractivity contribution in [2.45, 2.75) is 19.8 Å². The van der Waals surface area contributed by atoms with Crippen molar-refractivity contribution >= 4 is 37.4 Å². The van der Waals surface area contributed by atoms with Crippen LogP contribution in [0.25, 0.3) is 10.1 Å². The number of rotatable bonds is 4. The first kappa shape index (κ1) is 11.2. The van der Waals surface area contributed by atoms with Gasteiger partial charge in [0.15, 0.2) is 0 Å². The van der Waals surface area contributed by atoms with Crippen molar-refractivity contribution in [2.75, 3.05) is 5.33 Å². The summed E-state index contributed by atoms with van der Waals surface area (Å²) < 4.78 is 1.41. The molecule has 2 rings (SSSR count). The SMILES string of the molecule is CCC(CBr)Cc1csc2ccccc12. The van der Waals surface area contributed by atoms with E-state index in [1.54, 1.807) is 0 Å². The summed E-state index contributed by atoms with van der Waals surface area (Å²) in [7, 11) is 0. The van der Waals surface area contributed by atoms with Crippen LogP contribution in [0, 0.1) is 5.92 Å². The van der Waals surface area contributed by atoms with Gasteiger partial charge in [-0.25, -0.2) is 0 Å². The lowest BCUT2D eigenvalue weighted by Crippen LogP contribution is -2.03. The van der Waals surface area contributed by atoms with Gasteiger partial charge in [0.25, 0.3) is 0 Å². The van der Waals surface area contributed by atoms with Crippen LogP contribution in [0.4, 0.5) is 0 Å². The van der Waals surface area contributed by atoms with Crippen molar-refractivity contribution in [2.24, 2.45) is 5.92 Å². The molecular weight excluding hydrogens is 268 g/mol. The molecule has 1 heterocycles. The fourth-order valence-electron chi connectivity index (χ4n) is 1.81. The molecule has 0 aliphatic heterocycles. The maximum atomic E-state index is 3.59. The molecule has 0 N–H and O–H groups in total. The van der Waals surface area contributed by atoms with Crippen molar-refractivity contribution in [1.29, 1.82) is 0 Å². The molecule has 1 unspecified atom stereocenters. The standard InChI is InChI=1S/C13H15BrS/c1-2-10(8-14)7-11-9-15-13-6-4-3-5-12(11)13/h3-6,9-10H,2,7-8H2,1H3. The second-order valence-corrected chi connectivity index (χ2v) is 5.45. The minimum atomic E-state index is 0.767. The number of thiophene rings is 1. The Labute approximate surface area is 103 Å². The topological polar surface area (TPSA) is 0 Å². The van der Waals surface area contributed by atoms with E-state index in [-0.39, 0.29) is 0 Å². The quantitative estimate of drug-likeness (QED) is 0.703. The number of hydrogen-bond acceptors (Lipinski definition) is 1. The van der Waals surface area contributed by atoms with E-state index in [4.69, 9.17) is 0 Å². The summed E-state index contributed by atoms with van der Waals surface area (Å²) >= 11 is 5.45. The van der Waals surface area contributed by atoms with Crippen LogP contribution in [0.3, 0.4) is 0 Å². The Hall–Kier alpha value is -0.340. The molecule has 1 aromatic heterocycles. The molecule has 0 saturated heterocycles. The van der Waals surface area contributed by atoms with Crippen LogP contribution in [0.2, 0.25) is 0 Å². The Morgan fingerprint density at radius 1 is 1.33 bits per heavy atom. The molecule has 0 nitrogen and oxygen atoms in total. The first-order chi connectivity index (χ1) is 7.35. The van der Waals surface area contributed by atoms with Crippen LogP contribution in [0.1, 0.15) is 18.9 Å². The van der Waals surface area contributed by atoms with Crippen molar-refractivity contribution < 1.29 is 0 Å². The summed E-state index contributed by atoms with van der Waals surface area (Å²) in [6.07, 6.45) is 2.45. The van der Waals surface area contributed by atoms with Gasteiger partial charge in [-0.2, -0.15) is 0 Å². The van der Waals surface area contributed by atoms with Crippen molar-refractivity contribution in [3.8, 4) is 0 Å². The number of fused-ring (bicyclic) bond motifs is 1. The molecule has 15 heavy (non-hydrogen) atoms. The van der Waals surface area contributed by atoms with E-state index in [9.17, 15) is 0 Å². The molecule has 2 heteroatoms. The average molecular weight is 283 g/mol. The normalized spacial score (nSPS) is 13.2. The highest BCUT2D eigenvalue weighted by Gasteiger charge is 2.09. The van der Waals surface area contributed by atoms with Gasteiger partial charge in [-0.1, -0.05) is 47.5 Å². The first-order valence-corrected chi connectivity index (χ1v) is 7.36. The zero-order valence-electron chi connectivity index (χ0n) is 8.87. The highest BCUT2D eigenvalue weighted by molar-refractivity contribution is 9.09. The van der Waals surface area contributed by atoms with Gasteiger partial charge in [-0.3, -0.25) is 0 Å². The van der Waals surface area contributed by atoms with Gasteiger partial charge in [0.05, 0.1) is 0 Å². The van der Waals surface area contributed by atoms with Crippen molar-refractivity contribution in [1.82, 2.24) is 0 Å².